The highest BCUT2D eigenvalue weighted by Gasteiger charge is 2.27. The lowest BCUT2D eigenvalue weighted by molar-refractivity contribution is -0.151. The molecule has 0 amide bonds. The van der Waals surface area contributed by atoms with E-state index in [-0.39, 0.29) is 0 Å². The molecule has 0 aliphatic rings. The van der Waals surface area contributed by atoms with Crippen LogP contribution in [0.5, 0.6) is 0 Å². The van der Waals surface area contributed by atoms with Crippen molar-refractivity contribution in [2.45, 2.75) is 26.9 Å². The molecule has 1 heterocycles. The summed E-state index contributed by atoms with van der Waals surface area (Å²) in [6.45, 7) is 7.38. The molecule has 21 heavy (non-hydrogen) atoms. The van der Waals surface area contributed by atoms with Gasteiger partial charge in [0.25, 0.3) is 0 Å². The molecule has 0 saturated carbocycles. The highest BCUT2D eigenvalue weighted by molar-refractivity contribution is 5.88. The molecular formula is C15H21N3O3. The largest absolute Gasteiger partial charge is 0.467 e. The number of nitrogens with zero attached hydrogens (tertiary/aromatic N) is 3. The van der Waals surface area contributed by atoms with Crippen LogP contribution < -0.4 is 5.01 Å². The number of hydrogen-bond donors (Lipinski definition) is 1. The third-order valence-electron chi connectivity index (χ3n) is 3.53. The third-order valence-corrected chi connectivity index (χ3v) is 3.53. The molecule has 0 saturated heterocycles. The minimum Gasteiger partial charge on any atom is -0.467 e. The van der Waals surface area contributed by atoms with Crippen molar-refractivity contribution in [2.75, 3.05) is 25.2 Å². The van der Waals surface area contributed by atoms with Crippen LogP contribution in [-0.4, -0.2) is 41.2 Å². The molecule has 2 rings (SSSR count). The third kappa shape index (κ3) is 2.71. The number of rotatable bonds is 5. The van der Waals surface area contributed by atoms with E-state index in [1.54, 1.807) is 4.79 Å². The van der Waals surface area contributed by atoms with E-state index < -0.39 is 12.1 Å². The molecule has 0 bridgehead atoms. The standard InChI is InChI=1S/C15H21N3O3/c1-5-17(6-2)18-13(14(19)15(20)21-4)11-9-10(3)7-8-12(11)16-18/h7-9,14,19H,5-6H2,1-4H3. The van der Waals surface area contributed by atoms with Crippen molar-refractivity contribution < 1.29 is 14.6 Å². The van der Waals surface area contributed by atoms with E-state index >= 15 is 0 Å². The van der Waals surface area contributed by atoms with Gasteiger partial charge in [-0.1, -0.05) is 11.6 Å². The monoisotopic (exact) mass is 291 g/mol. The molecular weight excluding hydrogens is 270 g/mol. The molecule has 1 atom stereocenters. The number of carbonyl (C=O) groups is 1. The Hall–Kier alpha value is -2.08. The van der Waals surface area contributed by atoms with E-state index in [0.717, 1.165) is 16.5 Å². The number of fused-ring (bicyclic) bond motifs is 1. The fraction of sp³-hybridized carbons (Fsp3) is 0.467. The number of esters is 1. The minimum atomic E-state index is -1.36. The Morgan fingerprint density at radius 2 is 2.10 bits per heavy atom. The number of aliphatic hydroxyl groups is 1. The first-order valence-electron chi connectivity index (χ1n) is 7.03. The van der Waals surface area contributed by atoms with Crippen LogP contribution in [0.4, 0.5) is 0 Å². The van der Waals surface area contributed by atoms with Crippen LogP contribution in [0.3, 0.4) is 0 Å². The van der Waals surface area contributed by atoms with Gasteiger partial charge < -0.3 is 9.84 Å². The zero-order valence-corrected chi connectivity index (χ0v) is 12.8. The normalized spacial score (nSPS) is 12.4. The van der Waals surface area contributed by atoms with Gasteiger partial charge in [-0.15, -0.1) is 0 Å². The lowest BCUT2D eigenvalue weighted by atomic mass is 10.1. The quantitative estimate of drug-likeness (QED) is 0.846. The molecule has 0 aliphatic carbocycles. The Kier molecular flexibility index (Phi) is 4.47. The molecule has 1 unspecified atom stereocenters. The number of hydrogen-bond acceptors (Lipinski definition) is 5. The van der Waals surface area contributed by atoms with Gasteiger partial charge in [-0.2, -0.15) is 9.89 Å². The van der Waals surface area contributed by atoms with E-state index in [9.17, 15) is 9.90 Å². The minimum absolute atomic E-state index is 0.448. The molecule has 114 valence electrons. The highest BCUT2D eigenvalue weighted by Crippen LogP contribution is 2.26. The van der Waals surface area contributed by atoms with Crippen molar-refractivity contribution in [3.05, 3.63) is 29.5 Å². The lowest BCUT2D eigenvalue weighted by Gasteiger charge is -2.24. The van der Waals surface area contributed by atoms with E-state index in [0.29, 0.717) is 18.8 Å². The molecule has 0 radical (unpaired) electrons. The highest BCUT2D eigenvalue weighted by atomic mass is 16.5. The first-order chi connectivity index (χ1) is 10.0. The van der Waals surface area contributed by atoms with E-state index in [4.69, 9.17) is 0 Å². The number of methoxy groups -OCH3 is 1. The molecule has 6 heteroatoms. The van der Waals surface area contributed by atoms with E-state index in [1.165, 1.54) is 7.11 Å². The molecule has 6 nitrogen and oxygen atoms in total. The van der Waals surface area contributed by atoms with Gasteiger partial charge in [0.15, 0.2) is 6.10 Å². The van der Waals surface area contributed by atoms with Crippen LogP contribution in [0.25, 0.3) is 10.9 Å². The van der Waals surface area contributed by atoms with Crippen LogP contribution >= 0.6 is 0 Å². The second-order valence-corrected chi connectivity index (χ2v) is 4.86. The smallest absolute Gasteiger partial charge is 0.341 e. The summed E-state index contributed by atoms with van der Waals surface area (Å²) in [5.74, 6) is -0.688. The maximum absolute atomic E-state index is 11.8. The van der Waals surface area contributed by atoms with E-state index in [1.807, 2.05) is 44.0 Å². The maximum Gasteiger partial charge on any atom is 0.341 e. The average molecular weight is 291 g/mol. The number of aromatic nitrogens is 2. The SMILES string of the molecule is CCN(CC)n1nc2ccc(C)cc2c1C(O)C(=O)OC. The number of aryl methyl sites for hydroxylation is 1. The first kappa shape index (κ1) is 15.3. The molecule has 1 N–H and O–H groups in total. The molecule has 0 aliphatic heterocycles. The molecule has 0 fully saturated rings. The lowest BCUT2D eigenvalue weighted by Crippen LogP contribution is -2.37. The van der Waals surface area contributed by atoms with Crippen molar-refractivity contribution in [3.63, 3.8) is 0 Å². The van der Waals surface area contributed by atoms with Crippen LogP contribution in [0.2, 0.25) is 0 Å². The van der Waals surface area contributed by atoms with Crippen molar-refractivity contribution in [3.8, 4) is 0 Å². The molecule has 2 aromatic rings. The zero-order valence-electron chi connectivity index (χ0n) is 12.8. The van der Waals surface area contributed by atoms with E-state index in [2.05, 4.69) is 9.84 Å². The predicted molar refractivity (Wildman–Crippen MR) is 80.7 cm³/mol. The van der Waals surface area contributed by atoms with Crippen molar-refractivity contribution in [1.82, 2.24) is 9.89 Å². The van der Waals surface area contributed by atoms with Crippen molar-refractivity contribution in [2.24, 2.45) is 0 Å². The Bertz CT molecular complexity index is 647. The van der Waals surface area contributed by atoms with Gasteiger partial charge in [0, 0.05) is 18.5 Å². The van der Waals surface area contributed by atoms with Gasteiger partial charge in [0.05, 0.1) is 12.6 Å². The zero-order chi connectivity index (χ0) is 15.6. The van der Waals surface area contributed by atoms with Crippen LogP contribution in [0.1, 0.15) is 31.2 Å². The molecule has 1 aromatic heterocycles. The van der Waals surface area contributed by atoms with Crippen LogP contribution in [0.15, 0.2) is 18.2 Å². The summed E-state index contributed by atoms with van der Waals surface area (Å²) >= 11 is 0. The fourth-order valence-electron chi connectivity index (χ4n) is 2.39. The summed E-state index contributed by atoms with van der Waals surface area (Å²) < 4.78 is 4.67. The summed E-state index contributed by atoms with van der Waals surface area (Å²) in [4.78, 5) is 13.4. The van der Waals surface area contributed by atoms with Gasteiger partial charge >= 0.3 is 5.97 Å². The van der Waals surface area contributed by atoms with Crippen molar-refractivity contribution >= 4 is 16.9 Å². The predicted octanol–water partition coefficient (Wildman–Crippen LogP) is 1.53. The first-order valence-corrected chi connectivity index (χ1v) is 7.03. The number of carbonyl (C=O) groups excluding carboxylic acids is 1. The van der Waals surface area contributed by atoms with Gasteiger partial charge in [-0.3, -0.25) is 5.01 Å². The molecule has 1 aromatic carbocycles. The van der Waals surface area contributed by atoms with Crippen LogP contribution in [-0.2, 0) is 9.53 Å². The van der Waals surface area contributed by atoms with Gasteiger partial charge in [0.2, 0.25) is 0 Å². The summed E-state index contributed by atoms with van der Waals surface area (Å²) in [5, 5.41) is 17.5. The fourth-order valence-corrected chi connectivity index (χ4v) is 2.39. The summed E-state index contributed by atoms with van der Waals surface area (Å²) in [7, 11) is 1.26. The topological polar surface area (TPSA) is 67.6 Å². The number of aliphatic hydroxyl groups excluding tert-OH is 1. The number of ether oxygens (including phenoxy) is 1. The summed E-state index contributed by atoms with van der Waals surface area (Å²) in [6, 6.07) is 5.76. The Morgan fingerprint density at radius 3 is 2.67 bits per heavy atom. The van der Waals surface area contributed by atoms with Crippen molar-refractivity contribution in [1.29, 1.82) is 0 Å². The number of benzene rings is 1. The van der Waals surface area contributed by atoms with Gasteiger partial charge in [-0.05, 0) is 32.9 Å². The Morgan fingerprint density at radius 1 is 1.43 bits per heavy atom. The van der Waals surface area contributed by atoms with Crippen LogP contribution in [0, 0.1) is 6.92 Å². The Balaban J connectivity index is 2.69. The van der Waals surface area contributed by atoms with Gasteiger partial charge in [0.1, 0.15) is 5.69 Å². The van der Waals surface area contributed by atoms with Gasteiger partial charge in [-0.25, -0.2) is 4.79 Å². The second kappa shape index (κ2) is 6.13. The summed E-state index contributed by atoms with van der Waals surface area (Å²) in [6.07, 6.45) is -1.36. The summed E-state index contributed by atoms with van der Waals surface area (Å²) in [5.41, 5.74) is 2.23. The second-order valence-electron chi connectivity index (χ2n) is 4.86. The average Bonchev–Trinajstić information content (AvgIpc) is 2.85. The Labute approximate surface area is 123 Å². The maximum atomic E-state index is 11.8. The molecule has 0 spiro atoms.